The first kappa shape index (κ1) is 18.5. The highest BCUT2D eigenvalue weighted by atomic mass is 35.6. The molecule has 23 heavy (non-hydrogen) atoms. The number of halogens is 5. The van der Waals surface area contributed by atoms with Crippen LogP contribution in [0.25, 0.3) is 0 Å². The van der Waals surface area contributed by atoms with Gasteiger partial charge >= 0.3 is 0 Å². The zero-order valence-electron chi connectivity index (χ0n) is 11.4. The Hall–Kier alpha value is -0.840. The van der Waals surface area contributed by atoms with E-state index in [0.717, 1.165) is 0 Å². The second kappa shape index (κ2) is 7.82. The lowest BCUT2D eigenvalue weighted by molar-refractivity contribution is 0.0833. The molecule has 1 N–H and O–H groups in total. The molecular formula is C15H10Cl5NO2. The Morgan fingerprint density at radius 1 is 1.04 bits per heavy atom. The normalized spacial score (nSPS) is 12.6. The van der Waals surface area contributed by atoms with Gasteiger partial charge in [-0.25, -0.2) is 0 Å². The lowest BCUT2D eigenvalue weighted by Gasteiger charge is -2.26. The molecule has 0 aliphatic carbocycles. The number of rotatable bonds is 4. The first-order valence-electron chi connectivity index (χ1n) is 6.31. The fraction of sp³-hybridized carbons (Fsp3) is 0.133. The molecule has 0 radical (unpaired) electrons. The number of benzene rings is 2. The second-order valence-corrected chi connectivity index (χ2v) is 7.67. The monoisotopic (exact) mass is 411 g/mol. The molecule has 0 aromatic heterocycles. The van der Waals surface area contributed by atoms with Crippen molar-refractivity contribution in [3.05, 3.63) is 64.1 Å². The van der Waals surface area contributed by atoms with E-state index in [1.807, 2.05) is 0 Å². The number of ether oxygens (including phenoxy) is 1. The van der Waals surface area contributed by atoms with Crippen LogP contribution in [0.15, 0.2) is 48.5 Å². The minimum absolute atomic E-state index is 0.275. The number of para-hydroxylation sites is 1. The fourth-order valence-corrected chi connectivity index (χ4v) is 2.35. The van der Waals surface area contributed by atoms with Crippen LogP contribution in [-0.2, 0) is 0 Å². The second-order valence-electron chi connectivity index (χ2n) is 4.45. The fourth-order valence-electron chi connectivity index (χ4n) is 1.68. The van der Waals surface area contributed by atoms with Gasteiger partial charge in [0.15, 0.2) is 0 Å². The molecule has 1 atom stereocenters. The Morgan fingerprint density at radius 3 is 2.35 bits per heavy atom. The van der Waals surface area contributed by atoms with Gasteiger partial charge in [-0.1, -0.05) is 76.2 Å². The molecule has 8 heteroatoms. The number of hydrogen-bond donors (Lipinski definition) is 1. The van der Waals surface area contributed by atoms with Crippen LogP contribution >= 0.6 is 58.0 Å². The quantitative estimate of drug-likeness (QED) is 0.531. The van der Waals surface area contributed by atoms with Crippen LogP contribution in [0.1, 0.15) is 10.4 Å². The zero-order chi connectivity index (χ0) is 17.0. The maximum Gasteiger partial charge on any atom is 0.254 e. The Bertz CT molecular complexity index is 702. The van der Waals surface area contributed by atoms with Crippen LogP contribution in [0.3, 0.4) is 0 Å². The average molecular weight is 414 g/mol. The van der Waals surface area contributed by atoms with E-state index in [1.54, 1.807) is 42.5 Å². The summed E-state index contributed by atoms with van der Waals surface area (Å²) in [6.45, 7) is 0. The molecule has 0 unspecified atom stereocenters. The Kier molecular flexibility index (Phi) is 6.29. The Labute approximate surface area is 158 Å². The van der Waals surface area contributed by atoms with E-state index in [-0.39, 0.29) is 5.75 Å². The molecule has 0 bridgehead atoms. The molecule has 122 valence electrons. The molecule has 2 rings (SSSR count). The van der Waals surface area contributed by atoms with Gasteiger partial charge in [0.2, 0.25) is 10.0 Å². The number of alkyl halides is 3. The molecule has 2 aromatic carbocycles. The van der Waals surface area contributed by atoms with Crippen molar-refractivity contribution in [2.24, 2.45) is 0 Å². The van der Waals surface area contributed by atoms with Gasteiger partial charge in [0.25, 0.3) is 5.91 Å². The van der Waals surface area contributed by atoms with Crippen LogP contribution < -0.4 is 10.1 Å². The van der Waals surface area contributed by atoms with Crippen molar-refractivity contribution in [2.75, 3.05) is 0 Å². The Morgan fingerprint density at radius 2 is 1.74 bits per heavy atom. The molecule has 3 nitrogen and oxygen atoms in total. The SMILES string of the molecule is O=C(N[C@@H](Oc1ccccc1Cl)C(Cl)(Cl)Cl)c1cccc(Cl)c1. The van der Waals surface area contributed by atoms with Crippen molar-refractivity contribution in [2.45, 2.75) is 10.0 Å². The van der Waals surface area contributed by atoms with Crippen molar-refractivity contribution >= 4 is 63.9 Å². The third kappa shape index (κ3) is 5.33. The van der Waals surface area contributed by atoms with Gasteiger partial charge in [-0.05, 0) is 30.3 Å². The highest BCUT2D eigenvalue weighted by molar-refractivity contribution is 6.68. The maximum absolute atomic E-state index is 12.3. The van der Waals surface area contributed by atoms with Crippen LogP contribution in [0, 0.1) is 0 Å². The summed E-state index contributed by atoms with van der Waals surface area (Å²) in [4.78, 5) is 12.3. The summed E-state index contributed by atoms with van der Waals surface area (Å²) in [7, 11) is 0. The lowest BCUT2D eigenvalue weighted by Crippen LogP contribution is -2.47. The maximum atomic E-state index is 12.3. The predicted molar refractivity (Wildman–Crippen MR) is 95.1 cm³/mol. The number of hydrogen-bond acceptors (Lipinski definition) is 2. The minimum Gasteiger partial charge on any atom is -0.464 e. The molecule has 0 saturated carbocycles. The van der Waals surface area contributed by atoms with E-state index < -0.39 is 15.9 Å². The molecule has 0 fully saturated rings. The largest absolute Gasteiger partial charge is 0.464 e. The van der Waals surface area contributed by atoms with Gasteiger partial charge in [0, 0.05) is 10.6 Å². The molecular weight excluding hydrogens is 403 g/mol. The standard InChI is InChI=1S/C15H10Cl5NO2/c16-10-5-3-4-9(8-10)13(22)21-14(15(18,19)20)23-12-7-2-1-6-11(12)17/h1-8,14H,(H,21,22)/t14-/m0/s1. The highest BCUT2D eigenvalue weighted by Gasteiger charge is 2.36. The van der Waals surface area contributed by atoms with Gasteiger partial charge in [-0.15, -0.1) is 0 Å². The summed E-state index contributed by atoms with van der Waals surface area (Å²) < 4.78 is 3.63. The van der Waals surface area contributed by atoms with Crippen LogP contribution in [0.5, 0.6) is 5.75 Å². The third-order valence-corrected chi connectivity index (χ3v) is 3.87. The van der Waals surface area contributed by atoms with Gasteiger partial charge in [0.05, 0.1) is 5.02 Å². The Balaban J connectivity index is 2.20. The van der Waals surface area contributed by atoms with E-state index in [9.17, 15) is 4.79 Å². The van der Waals surface area contributed by atoms with Crippen molar-refractivity contribution < 1.29 is 9.53 Å². The molecule has 2 aromatic rings. The summed E-state index contributed by atoms with van der Waals surface area (Å²) in [5, 5.41) is 3.24. The van der Waals surface area contributed by atoms with E-state index >= 15 is 0 Å². The number of carbonyl (C=O) groups is 1. The lowest BCUT2D eigenvalue weighted by atomic mass is 10.2. The first-order valence-corrected chi connectivity index (χ1v) is 8.20. The van der Waals surface area contributed by atoms with Crippen LogP contribution in [0.4, 0.5) is 0 Å². The molecule has 0 saturated heterocycles. The van der Waals surface area contributed by atoms with E-state index in [0.29, 0.717) is 15.6 Å². The van der Waals surface area contributed by atoms with Gasteiger partial charge in [-0.3, -0.25) is 4.79 Å². The van der Waals surface area contributed by atoms with Crippen LogP contribution in [-0.4, -0.2) is 15.9 Å². The number of nitrogens with one attached hydrogen (secondary N) is 1. The predicted octanol–water partition coefficient (Wildman–Crippen LogP) is 5.50. The summed E-state index contributed by atoms with van der Waals surface area (Å²) in [5.74, 6) is -0.229. The summed E-state index contributed by atoms with van der Waals surface area (Å²) in [6, 6.07) is 13.0. The van der Waals surface area contributed by atoms with Crippen LogP contribution in [0.2, 0.25) is 10.0 Å². The van der Waals surface area contributed by atoms with Gasteiger partial charge in [0.1, 0.15) is 5.75 Å². The van der Waals surface area contributed by atoms with E-state index in [2.05, 4.69) is 5.32 Å². The smallest absolute Gasteiger partial charge is 0.254 e. The van der Waals surface area contributed by atoms with E-state index in [1.165, 1.54) is 6.07 Å². The summed E-state index contributed by atoms with van der Waals surface area (Å²) in [5.41, 5.74) is 0.305. The minimum atomic E-state index is -1.91. The van der Waals surface area contributed by atoms with Crippen molar-refractivity contribution in [1.29, 1.82) is 0 Å². The molecule has 0 aliphatic rings. The first-order chi connectivity index (χ1) is 10.8. The van der Waals surface area contributed by atoms with E-state index in [4.69, 9.17) is 62.7 Å². The molecule has 1 amide bonds. The highest BCUT2D eigenvalue weighted by Crippen LogP contribution is 2.34. The zero-order valence-corrected chi connectivity index (χ0v) is 15.2. The average Bonchev–Trinajstić information content (AvgIpc) is 2.47. The number of amides is 1. The molecule has 0 aliphatic heterocycles. The van der Waals surface area contributed by atoms with Gasteiger partial charge < -0.3 is 10.1 Å². The summed E-state index contributed by atoms with van der Waals surface area (Å²) in [6.07, 6.45) is -1.25. The van der Waals surface area contributed by atoms with Crippen molar-refractivity contribution in [1.82, 2.24) is 5.32 Å². The van der Waals surface area contributed by atoms with Crippen molar-refractivity contribution in [3.8, 4) is 5.75 Å². The summed E-state index contributed by atoms with van der Waals surface area (Å²) >= 11 is 29.5. The van der Waals surface area contributed by atoms with Gasteiger partial charge in [-0.2, -0.15) is 0 Å². The topological polar surface area (TPSA) is 38.3 Å². The number of carbonyl (C=O) groups excluding carboxylic acids is 1. The molecule has 0 heterocycles. The third-order valence-electron chi connectivity index (χ3n) is 2.73. The van der Waals surface area contributed by atoms with Crippen molar-refractivity contribution in [3.63, 3.8) is 0 Å². The molecule has 0 spiro atoms.